The average molecular weight is 335 g/mol. The summed E-state index contributed by atoms with van der Waals surface area (Å²) in [6.45, 7) is 0. The molecular weight excluding hydrogens is 318 g/mol. The Kier molecular flexibility index (Phi) is 4.89. The van der Waals surface area contributed by atoms with Gasteiger partial charge in [-0.2, -0.15) is 4.98 Å². The summed E-state index contributed by atoms with van der Waals surface area (Å²) in [5.74, 6) is 0.969. The van der Waals surface area contributed by atoms with Gasteiger partial charge in [-0.15, -0.1) is 0 Å². The van der Waals surface area contributed by atoms with E-state index >= 15 is 0 Å². The van der Waals surface area contributed by atoms with Crippen LogP contribution in [0.1, 0.15) is 10.4 Å². The predicted molar refractivity (Wildman–Crippen MR) is 95.0 cm³/mol. The van der Waals surface area contributed by atoms with Gasteiger partial charge in [0, 0.05) is 11.1 Å². The van der Waals surface area contributed by atoms with Gasteiger partial charge in [-0.1, -0.05) is 30.3 Å². The fraction of sp³-hybridized carbons (Fsp3) is 0.105. The van der Waals surface area contributed by atoms with Crippen LogP contribution in [0.2, 0.25) is 0 Å². The molecule has 25 heavy (non-hydrogen) atoms. The van der Waals surface area contributed by atoms with E-state index in [1.807, 2.05) is 30.3 Å². The highest BCUT2D eigenvalue weighted by molar-refractivity contribution is 6.05. The van der Waals surface area contributed by atoms with E-state index in [2.05, 4.69) is 15.3 Å². The number of anilines is 1. The van der Waals surface area contributed by atoms with Crippen LogP contribution >= 0.6 is 0 Å². The fourth-order valence-corrected chi connectivity index (χ4v) is 2.37. The molecule has 0 aliphatic heterocycles. The van der Waals surface area contributed by atoms with Crippen LogP contribution in [0.15, 0.2) is 60.8 Å². The van der Waals surface area contributed by atoms with Crippen molar-refractivity contribution in [1.29, 1.82) is 0 Å². The first kappa shape index (κ1) is 16.4. The molecule has 1 heterocycles. The first-order valence-corrected chi connectivity index (χ1v) is 7.63. The lowest BCUT2D eigenvalue weighted by Crippen LogP contribution is -2.14. The monoisotopic (exact) mass is 335 g/mol. The molecule has 1 N–H and O–H groups in total. The van der Waals surface area contributed by atoms with E-state index in [0.717, 1.165) is 5.56 Å². The summed E-state index contributed by atoms with van der Waals surface area (Å²) < 4.78 is 10.5. The third-order valence-corrected chi connectivity index (χ3v) is 3.59. The molecule has 6 nitrogen and oxygen atoms in total. The number of nitrogens with zero attached hydrogens (tertiary/aromatic N) is 2. The minimum Gasteiger partial charge on any atom is -0.496 e. The van der Waals surface area contributed by atoms with Gasteiger partial charge in [0.2, 0.25) is 5.88 Å². The molecule has 6 heteroatoms. The lowest BCUT2D eigenvalue weighted by atomic mass is 10.1. The minimum atomic E-state index is -0.278. The van der Waals surface area contributed by atoms with E-state index < -0.39 is 0 Å². The van der Waals surface area contributed by atoms with Crippen molar-refractivity contribution >= 4 is 11.7 Å². The minimum absolute atomic E-state index is 0.278. The summed E-state index contributed by atoms with van der Waals surface area (Å²) in [5.41, 5.74) is 1.75. The molecular formula is C19H17N3O3. The number of hydrogen-bond donors (Lipinski definition) is 1. The van der Waals surface area contributed by atoms with Crippen molar-refractivity contribution in [3.05, 3.63) is 66.4 Å². The molecule has 0 fully saturated rings. The van der Waals surface area contributed by atoms with Crippen molar-refractivity contribution in [3.63, 3.8) is 0 Å². The zero-order chi connectivity index (χ0) is 17.6. The zero-order valence-corrected chi connectivity index (χ0v) is 13.9. The van der Waals surface area contributed by atoms with Gasteiger partial charge < -0.3 is 14.8 Å². The second-order valence-electron chi connectivity index (χ2n) is 5.13. The van der Waals surface area contributed by atoms with Gasteiger partial charge in [0.25, 0.3) is 5.91 Å². The first-order valence-electron chi connectivity index (χ1n) is 7.63. The molecule has 0 spiro atoms. The number of nitrogens with one attached hydrogen (secondary N) is 1. The van der Waals surface area contributed by atoms with Crippen LogP contribution in [0.4, 0.5) is 5.82 Å². The molecule has 3 aromatic rings. The van der Waals surface area contributed by atoms with E-state index in [4.69, 9.17) is 9.47 Å². The van der Waals surface area contributed by atoms with Gasteiger partial charge in [0.1, 0.15) is 11.4 Å². The SMILES string of the molecule is COc1cnc(-c2ccccc2OC)c(NC(=O)c2ccccc2)n1. The van der Waals surface area contributed by atoms with E-state index in [1.54, 1.807) is 31.4 Å². The van der Waals surface area contributed by atoms with E-state index in [1.165, 1.54) is 13.3 Å². The normalized spacial score (nSPS) is 10.2. The lowest BCUT2D eigenvalue weighted by Gasteiger charge is -2.13. The Labute approximate surface area is 145 Å². The highest BCUT2D eigenvalue weighted by Crippen LogP contribution is 2.33. The number of para-hydroxylation sites is 1. The van der Waals surface area contributed by atoms with E-state index in [9.17, 15) is 4.79 Å². The fourth-order valence-electron chi connectivity index (χ4n) is 2.37. The standard InChI is InChI=1S/C19H17N3O3/c1-24-15-11-7-6-10-14(15)17-18(21-16(25-2)12-20-17)22-19(23)13-8-4-3-5-9-13/h3-12H,1-2H3,(H,21,22,23). The van der Waals surface area contributed by atoms with Crippen molar-refractivity contribution < 1.29 is 14.3 Å². The van der Waals surface area contributed by atoms with Gasteiger partial charge in [-0.05, 0) is 24.3 Å². The van der Waals surface area contributed by atoms with Crippen LogP contribution in [0, 0.1) is 0 Å². The van der Waals surface area contributed by atoms with Crippen LogP contribution in [0.3, 0.4) is 0 Å². The number of carbonyl (C=O) groups excluding carboxylic acids is 1. The number of hydrogen-bond acceptors (Lipinski definition) is 5. The maximum atomic E-state index is 12.5. The Bertz CT molecular complexity index is 882. The summed E-state index contributed by atoms with van der Waals surface area (Å²) >= 11 is 0. The van der Waals surface area contributed by atoms with Crippen molar-refractivity contribution in [1.82, 2.24) is 9.97 Å². The molecule has 1 aromatic heterocycles. The van der Waals surface area contributed by atoms with Crippen LogP contribution in [0.25, 0.3) is 11.3 Å². The average Bonchev–Trinajstić information content (AvgIpc) is 2.68. The first-order chi connectivity index (χ1) is 12.2. The molecule has 0 unspecified atom stereocenters. The molecule has 0 aliphatic rings. The topological polar surface area (TPSA) is 73.3 Å². The number of ether oxygens (including phenoxy) is 2. The number of carbonyl (C=O) groups is 1. The Balaban J connectivity index is 2.04. The summed E-state index contributed by atoms with van der Waals surface area (Å²) in [6.07, 6.45) is 1.50. The van der Waals surface area contributed by atoms with Gasteiger partial charge in [-0.25, -0.2) is 4.98 Å². The lowest BCUT2D eigenvalue weighted by molar-refractivity contribution is 0.102. The van der Waals surface area contributed by atoms with E-state index in [0.29, 0.717) is 28.7 Å². The molecule has 1 amide bonds. The zero-order valence-electron chi connectivity index (χ0n) is 13.9. The molecule has 2 aromatic carbocycles. The van der Waals surface area contributed by atoms with Gasteiger partial charge in [0.15, 0.2) is 5.82 Å². The van der Waals surface area contributed by atoms with Gasteiger partial charge >= 0.3 is 0 Å². The highest BCUT2D eigenvalue weighted by Gasteiger charge is 2.17. The summed E-state index contributed by atoms with van der Waals surface area (Å²) in [7, 11) is 3.08. The van der Waals surface area contributed by atoms with Crippen LogP contribution in [-0.2, 0) is 0 Å². The molecule has 0 radical (unpaired) electrons. The van der Waals surface area contributed by atoms with Crippen molar-refractivity contribution in [2.75, 3.05) is 19.5 Å². The maximum Gasteiger partial charge on any atom is 0.256 e. The largest absolute Gasteiger partial charge is 0.496 e. The molecule has 3 rings (SSSR count). The van der Waals surface area contributed by atoms with Gasteiger partial charge in [-0.3, -0.25) is 4.79 Å². The second kappa shape index (κ2) is 7.44. The van der Waals surface area contributed by atoms with Crippen LogP contribution < -0.4 is 14.8 Å². The highest BCUT2D eigenvalue weighted by atomic mass is 16.5. The quantitative estimate of drug-likeness (QED) is 0.773. The molecule has 0 bridgehead atoms. The van der Waals surface area contributed by atoms with Crippen molar-refractivity contribution in [2.24, 2.45) is 0 Å². The van der Waals surface area contributed by atoms with Crippen molar-refractivity contribution in [3.8, 4) is 22.9 Å². The van der Waals surface area contributed by atoms with Crippen LogP contribution in [-0.4, -0.2) is 30.1 Å². The smallest absolute Gasteiger partial charge is 0.256 e. The molecule has 0 atom stereocenters. The number of methoxy groups -OCH3 is 2. The summed E-state index contributed by atoms with van der Waals surface area (Å²) in [6, 6.07) is 16.3. The second-order valence-corrected chi connectivity index (χ2v) is 5.13. The third-order valence-electron chi connectivity index (χ3n) is 3.59. The number of benzene rings is 2. The Morgan fingerprint density at radius 2 is 1.68 bits per heavy atom. The third kappa shape index (κ3) is 3.58. The van der Waals surface area contributed by atoms with E-state index in [-0.39, 0.29) is 5.91 Å². The summed E-state index contributed by atoms with van der Waals surface area (Å²) in [5, 5.41) is 2.80. The summed E-state index contributed by atoms with van der Waals surface area (Å²) in [4.78, 5) is 21.2. The maximum absolute atomic E-state index is 12.5. The molecule has 0 saturated heterocycles. The predicted octanol–water partition coefficient (Wildman–Crippen LogP) is 3.41. The number of aromatic nitrogens is 2. The number of rotatable bonds is 5. The molecule has 126 valence electrons. The molecule has 0 aliphatic carbocycles. The van der Waals surface area contributed by atoms with Gasteiger partial charge in [0.05, 0.1) is 20.4 Å². The van der Waals surface area contributed by atoms with Crippen LogP contribution in [0.5, 0.6) is 11.6 Å². The Morgan fingerprint density at radius 3 is 2.40 bits per heavy atom. The Hall–Kier alpha value is -3.41. The number of amides is 1. The Morgan fingerprint density at radius 1 is 0.960 bits per heavy atom. The van der Waals surface area contributed by atoms with Crippen molar-refractivity contribution in [2.45, 2.75) is 0 Å². The molecule has 0 saturated carbocycles.